The first kappa shape index (κ1) is 36.3. The first-order chi connectivity index (χ1) is 15.7. The third kappa shape index (κ3) is 27.6. The number of hydrogen-bond acceptors (Lipinski definition) is 0. The first-order valence-electron chi connectivity index (χ1n) is 15.5. The van der Waals surface area contributed by atoms with Crippen LogP contribution in [0.2, 0.25) is 0 Å². The summed E-state index contributed by atoms with van der Waals surface area (Å²) in [6.07, 6.45) is 40.2. The Balaban J connectivity index is 0. The number of halogens is 1. The molecule has 0 unspecified atom stereocenters. The molecule has 0 aliphatic heterocycles. The van der Waals surface area contributed by atoms with E-state index in [-0.39, 0.29) is 24.0 Å². The van der Waals surface area contributed by atoms with E-state index in [2.05, 4.69) is 27.4 Å². The fraction of sp³-hybridized carbons (Fsp3) is 1.00. The largest absolute Gasteiger partial charge is 1.00 e. The van der Waals surface area contributed by atoms with Gasteiger partial charge in [-0.3, -0.25) is 0 Å². The summed E-state index contributed by atoms with van der Waals surface area (Å²) in [5.74, 6) is 0. The highest BCUT2D eigenvalue weighted by Crippen LogP contribution is 2.57. The maximum Gasteiger partial charge on any atom is 0.0591 e. The Morgan fingerprint density at radius 2 is 0.485 bits per heavy atom. The summed E-state index contributed by atoms with van der Waals surface area (Å²) in [5, 5.41) is 0. The number of hydrogen-bond donors (Lipinski definition) is 0. The Morgan fingerprint density at radius 3 is 0.697 bits per heavy atom. The van der Waals surface area contributed by atoms with E-state index in [1.807, 2.05) is 0 Å². The van der Waals surface area contributed by atoms with Gasteiger partial charge in [-0.1, -0.05) is 136 Å². The van der Waals surface area contributed by atoms with Crippen molar-refractivity contribution in [2.45, 2.75) is 175 Å². The number of rotatable bonds is 27. The highest BCUT2D eigenvalue weighted by atomic mass is 127. The zero-order valence-corrected chi connectivity index (χ0v) is 27.0. The molecule has 0 aromatic heterocycles. The number of unbranched alkanes of at least 4 members (excludes halogenated alkanes) is 21. The van der Waals surface area contributed by atoms with Crippen molar-refractivity contribution in [1.82, 2.24) is 0 Å². The Morgan fingerprint density at radius 1 is 0.303 bits per heavy atom. The van der Waals surface area contributed by atoms with Gasteiger partial charge in [0.1, 0.15) is 0 Å². The SMILES string of the molecule is CCCCCCCCCC[P+](C)(CCCCCCCCCC)CCCCCCCCCC.[I-]. The van der Waals surface area contributed by atoms with Gasteiger partial charge in [0, 0.05) is 13.9 Å². The predicted molar refractivity (Wildman–Crippen MR) is 155 cm³/mol. The van der Waals surface area contributed by atoms with Gasteiger partial charge >= 0.3 is 0 Å². The van der Waals surface area contributed by atoms with Gasteiger partial charge in [-0.2, -0.15) is 0 Å². The Hall–Kier alpha value is 1.16. The molecule has 0 spiro atoms. The zero-order valence-electron chi connectivity index (χ0n) is 23.9. The normalized spacial score (nSPS) is 11.6. The van der Waals surface area contributed by atoms with Crippen molar-refractivity contribution in [2.24, 2.45) is 0 Å². The molecule has 0 aromatic carbocycles. The molecular formula is C31H66IP. The van der Waals surface area contributed by atoms with E-state index in [1.165, 1.54) is 154 Å². The van der Waals surface area contributed by atoms with Gasteiger partial charge in [0.05, 0.1) is 18.5 Å². The van der Waals surface area contributed by atoms with E-state index < -0.39 is 7.26 Å². The summed E-state index contributed by atoms with van der Waals surface area (Å²) in [7, 11) is -0.668. The van der Waals surface area contributed by atoms with Crippen molar-refractivity contribution in [3.8, 4) is 0 Å². The van der Waals surface area contributed by atoms with Gasteiger partial charge in [0.25, 0.3) is 0 Å². The van der Waals surface area contributed by atoms with Gasteiger partial charge in [0.15, 0.2) is 0 Å². The highest BCUT2D eigenvalue weighted by Gasteiger charge is 2.29. The molecule has 2 heteroatoms. The van der Waals surface area contributed by atoms with Crippen molar-refractivity contribution >= 4 is 7.26 Å². The summed E-state index contributed by atoms with van der Waals surface area (Å²) in [6.45, 7) is 9.73. The molecule has 0 N–H and O–H groups in total. The van der Waals surface area contributed by atoms with Gasteiger partial charge in [-0.25, -0.2) is 0 Å². The van der Waals surface area contributed by atoms with E-state index in [4.69, 9.17) is 0 Å². The van der Waals surface area contributed by atoms with E-state index in [0.29, 0.717) is 0 Å². The van der Waals surface area contributed by atoms with Crippen LogP contribution in [-0.2, 0) is 0 Å². The smallest absolute Gasteiger partial charge is 0.0591 e. The molecule has 0 nitrogen and oxygen atoms in total. The van der Waals surface area contributed by atoms with E-state index >= 15 is 0 Å². The van der Waals surface area contributed by atoms with Crippen LogP contribution in [0.25, 0.3) is 0 Å². The minimum absolute atomic E-state index is 0. The molecule has 0 atom stereocenters. The summed E-state index contributed by atoms with van der Waals surface area (Å²) in [5.41, 5.74) is 0. The van der Waals surface area contributed by atoms with Gasteiger partial charge in [0.2, 0.25) is 0 Å². The van der Waals surface area contributed by atoms with Crippen LogP contribution in [0.3, 0.4) is 0 Å². The molecule has 0 aliphatic rings. The van der Waals surface area contributed by atoms with Gasteiger partial charge in [-0.05, 0) is 38.5 Å². The molecule has 0 aromatic rings. The van der Waals surface area contributed by atoms with Crippen LogP contribution in [0.15, 0.2) is 0 Å². The highest BCUT2D eigenvalue weighted by molar-refractivity contribution is 7.75. The van der Waals surface area contributed by atoms with Crippen molar-refractivity contribution < 1.29 is 24.0 Å². The Bertz CT molecular complexity index is 294. The molecule has 0 saturated carbocycles. The molecule has 0 bridgehead atoms. The van der Waals surface area contributed by atoms with Crippen molar-refractivity contribution in [3.63, 3.8) is 0 Å². The maximum absolute atomic E-state index is 2.76. The van der Waals surface area contributed by atoms with Crippen LogP contribution in [0.5, 0.6) is 0 Å². The maximum atomic E-state index is 2.76. The van der Waals surface area contributed by atoms with Crippen LogP contribution in [0, 0.1) is 0 Å². The fourth-order valence-corrected chi connectivity index (χ4v) is 8.85. The molecule has 0 rings (SSSR count). The van der Waals surface area contributed by atoms with Crippen LogP contribution in [0.4, 0.5) is 0 Å². The molecule has 0 heterocycles. The van der Waals surface area contributed by atoms with Crippen LogP contribution < -0.4 is 24.0 Å². The Kier molecular flexibility index (Phi) is 32.3. The van der Waals surface area contributed by atoms with E-state index in [9.17, 15) is 0 Å². The molecule has 0 radical (unpaired) electrons. The Labute approximate surface area is 230 Å². The zero-order chi connectivity index (χ0) is 23.6. The van der Waals surface area contributed by atoms with Crippen LogP contribution >= 0.6 is 7.26 Å². The molecule has 202 valence electrons. The minimum atomic E-state index is -0.668. The topological polar surface area (TPSA) is 0 Å². The molecule has 0 amide bonds. The quantitative estimate of drug-likeness (QED) is 0.0504. The molecule has 33 heavy (non-hydrogen) atoms. The van der Waals surface area contributed by atoms with Crippen molar-refractivity contribution in [3.05, 3.63) is 0 Å². The second kappa shape index (κ2) is 29.4. The third-order valence-electron chi connectivity index (χ3n) is 7.65. The van der Waals surface area contributed by atoms with E-state index in [0.717, 1.165) is 0 Å². The standard InChI is InChI=1S/C31H66P.HI/c1-5-8-11-14-17-20-23-26-29-32(4,30-27-24-21-18-15-12-9-6-2)31-28-25-22-19-16-13-10-7-3;/h5-31H2,1-4H3;1H/q+1;/p-1. The molecular weight excluding hydrogens is 530 g/mol. The molecule has 0 saturated heterocycles. The van der Waals surface area contributed by atoms with Crippen molar-refractivity contribution in [2.75, 3.05) is 25.2 Å². The average molecular weight is 597 g/mol. The summed E-state index contributed by atoms with van der Waals surface area (Å²) in [6, 6.07) is 0. The summed E-state index contributed by atoms with van der Waals surface area (Å²) >= 11 is 0. The lowest BCUT2D eigenvalue weighted by atomic mass is 10.1. The van der Waals surface area contributed by atoms with Crippen molar-refractivity contribution in [1.29, 1.82) is 0 Å². The van der Waals surface area contributed by atoms with Gasteiger partial charge < -0.3 is 24.0 Å². The second-order valence-corrected chi connectivity index (χ2v) is 15.8. The lowest BCUT2D eigenvalue weighted by Gasteiger charge is -2.24. The third-order valence-corrected chi connectivity index (χ3v) is 11.8. The average Bonchev–Trinajstić information content (AvgIpc) is 2.79. The first-order valence-corrected chi connectivity index (χ1v) is 18.3. The lowest BCUT2D eigenvalue weighted by molar-refractivity contribution is -0.00000736. The minimum Gasteiger partial charge on any atom is -1.00 e. The van der Waals surface area contributed by atoms with Crippen LogP contribution in [-0.4, -0.2) is 25.2 Å². The second-order valence-electron chi connectivity index (χ2n) is 11.2. The fourth-order valence-electron chi connectivity index (χ4n) is 5.22. The van der Waals surface area contributed by atoms with Crippen LogP contribution in [0.1, 0.15) is 175 Å². The summed E-state index contributed by atoms with van der Waals surface area (Å²) < 4.78 is 0. The summed E-state index contributed by atoms with van der Waals surface area (Å²) in [4.78, 5) is 0. The molecule has 0 fully saturated rings. The van der Waals surface area contributed by atoms with E-state index in [1.54, 1.807) is 18.5 Å². The van der Waals surface area contributed by atoms with Gasteiger partial charge in [-0.15, -0.1) is 0 Å². The predicted octanol–water partition coefficient (Wildman–Crippen LogP) is 9.06. The monoisotopic (exact) mass is 596 g/mol. The lowest BCUT2D eigenvalue weighted by Crippen LogP contribution is -3.00. The molecule has 0 aliphatic carbocycles.